The average Bonchev–Trinajstić information content (AvgIpc) is 2.57. The van der Waals surface area contributed by atoms with E-state index in [1.54, 1.807) is 0 Å². The van der Waals surface area contributed by atoms with Gasteiger partial charge in [-0.15, -0.1) is 0 Å². The number of carbonyl (C=O) groups excluding carboxylic acids is 2. The highest BCUT2D eigenvalue weighted by Gasteiger charge is 2.35. The SMILES string of the molecule is CCOC(=O)[C@H]1CCC[NH+]([C@@H](C)C(=O)Nc2c(C)cc(C)cc2C)C1. The third-order valence-electron chi connectivity index (χ3n) is 5.11. The Morgan fingerprint density at radius 1 is 1.28 bits per heavy atom. The standard InChI is InChI=1S/C20H30N2O3/c1-6-25-20(24)17-8-7-9-22(12-17)16(5)19(23)21-18-14(3)10-13(2)11-15(18)4/h10-11,16-17H,6-9,12H2,1-5H3,(H,21,23)/p+1/t16-,17-/m0/s1. The topological polar surface area (TPSA) is 59.8 Å². The van der Waals surface area contributed by atoms with Crippen LogP contribution in [0.15, 0.2) is 12.1 Å². The quantitative estimate of drug-likeness (QED) is 0.799. The molecular formula is C20H31N2O3+. The van der Waals surface area contributed by atoms with Crippen LogP contribution in [-0.2, 0) is 14.3 Å². The van der Waals surface area contributed by atoms with E-state index in [4.69, 9.17) is 4.74 Å². The molecule has 2 rings (SSSR count). The summed E-state index contributed by atoms with van der Waals surface area (Å²) in [7, 11) is 0. The van der Waals surface area contributed by atoms with Gasteiger partial charge >= 0.3 is 5.97 Å². The lowest BCUT2D eigenvalue weighted by Crippen LogP contribution is -3.18. The van der Waals surface area contributed by atoms with Gasteiger partial charge in [-0.05, 0) is 58.6 Å². The Bertz CT molecular complexity index is 619. The van der Waals surface area contributed by atoms with Crippen LogP contribution in [0.1, 0.15) is 43.4 Å². The minimum absolute atomic E-state index is 0.00885. The maximum Gasteiger partial charge on any atom is 0.314 e. The lowest BCUT2D eigenvalue weighted by Gasteiger charge is -2.32. The molecule has 0 spiro atoms. The molecule has 1 aromatic rings. The highest BCUT2D eigenvalue weighted by Crippen LogP contribution is 2.22. The van der Waals surface area contributed by atoms with Crippen LogP contribution in [0, 0.1) is 26.7 Å². The van der Waals surface area contributed by atoms with Crippen LogP contribution in [0.25, 0.3) is 0 Å². The van der Waals surface area contributed by atoms with E-state index in [-0.39, 0.29) is 23.8 Å². The summed E-state index contributed by atoms with van der Waals surface area (Å²) in [6, 6.07) is 3.97. The number of aryl methyl sites for hydroxylation is 3. The molecule has 2 N–H and O–H groups in total. The number of hydrogen-bond donors (Lipinski definition) is 2. The predicted molar refractivity (Wildman–Crippen MR) is 98.8 cm³/mol. The third-order valence-corrected chi connectivity index (χ3v) is 5.11. The third kappa shape index (κ3) is 4.82. The van der Waals surface area contributed by atoms with Gasteiger partial charge in [0.2, 0.25) is 0 Å². The first kappa shape index (κ1) is 19.4. The minimum atomic E-state index is -0.197. The van der Waals surface area contributed by atoms with E-state index in [9.17, 15) is 9.59 Å². The van der Waals surface area contributed by atoms with E-state index in [1.165, 1.54) is 5.56 Å². The van der Waals surface area contributed by atoms with Gasteiger partial charge in [-0.2, -0.15) is 0 Å². The van der Waals surface area contributed by atoms with Gasteiger partial charge in [0, 0.05) is 5.69 Å². The molecule has 1 aliphatic rings. The minimum Gasteiger partial charge on any atom is -0.466 e. The van der Waals surface area contributed by atoms with Gasteiger partial charge in [-0.25, -0.2) is 0 Å². The molecule has 5 nitrogen and oxygen atoms in total. The van der Waals surface area contributed by atoms with E-state index >= 15 is 0 Å². The number of benzene rings is 1. The number of hydrogen-bond acceptors (Lipinski definition) is 3. The first-order valence-electron chi connectivity index (χ1n) is 9.23. The van der Waals surface area contributed by atoms with Crippen LogP contribution in [0.2, 0.25) is 0 Å². The summed E-state index contributed by atoms with van der Waals surface area (Å²) >= 11 is 0. The molecular weight excluding hydrogens is 316 g/mol. The Morgan fingerprint density at radius 3 is 2.52 bits per heavy atom. The Hall–Kier alpha value is -1.88. The van der Waals surface area contributed by atoms with E-state index in [0.29, 0.717) is 13.2 Å². The summed E-state index contributed by atoms with van der Waals surface area (Å²) in [5, 5.41) is 3.10. The van der Waals surface area contributed by atoms with Gasteiger partial charge in [-0.3, -0.25) is 9.59 Å². The molecule has 3 atom stereocenters. The maximum absolute atomic E-state index is 12.8. The Balaban J connectivity index is 2.03. The number of quaternary nitrogens is 1. The highest BCUT2D eigenvalue weighted by atomic mass is 16.5. The van der Waals surface area contributed by atoms with Crippen molar-refractivity contribution in [3.05, 3.63) is 28.8 Å². The molecule has 1 saturated heterocycles. The summed E-state index contributed by atoms with van der Waals surface area (Å²) in [6.07, 6.45) is 1.80. The fraction of sp³-hybridized carbons (Fsp3) is 0.600. The van der Waals surface area contributed by atoms with Crippen LogP contribution < -0.4 is 10.2 Å². The van der Waals surface area contributed by atoms with Crippen LogP contribution in [0.5, 0.6) is 0 Å². The molecule has 1 aromatic carbocycles. The zero-order valence-corrected chi connectivity index (χ0v) is 16.1. The lowest BCUT2D eigenvalue weighted by atomic mass is 9.96. The fourth-order valence-electron chi connectivity index (χ4n) is 3.74. The molecule has 1 fully saturated rings. The van der Waals surface area contributed by atoms with Crippen molar-refractivity contribution in [2.24, 2.45) is 5.92 Å². The Morgan fingerprint density at radius 2 is 1.92 bits per heavy atom. The summed E-state index contributed by atoms with van der Waals surface area (Å²) in [6.45, 7) is 11.9. The van der Waals surface area contributed by atoms with Crippen LogP contribution >= 0.6 is 0 Å². The van der Waals surface area contributed by atoms with E-state index in [0.717, 1.165) is 41.1 Å². The van der Waals surface area contributed by atoms with Crippen molar-refractivity contribution in [3.63, 3.8) is 0 Å². The molecule has 1 heterocycles. The van der Waals surface area contributed by atoms with Gasteiger partial charge in [0.25, 0.3) is 5.91 Å². The number of anilines is 1. The second-order valence-corrected chi connectivity index (χ2v) is 7.19. The monoisotopic (exact) mass is 347 g/mol. The molecule has 0 radical (unpaired) electrons. The zero-order valence-electron chi connectivity index (χ0n) is 16.1. The van der Waals surface area contributed by atoms with Gasteiger partial charge in [-0.1, -0.05) is 17.7 Å². The second kappa shape index (κ2) is 8.48. The molecule has 0 aromatic heterocycles. The molecule has 0 saturated carbocycles. The number of ether oxygens (including phenoxy) is 1. The number of piperidine rings is 1. The van der Waals surface area contributed by atoms with Gasteiger partial charge in [0.1, 0.15) is 5.92 Å². The Labute approximate surface area is 150 Å². The molecule has 25 heavy (non-hydrogen) atoms. The zero-order chi connectivity index (χ0) is 18.6. The number of amides is 1. The summed E-state index contributed by atoms with van der Waals surface area (Å²) in [4.78, 5) is 25.9. The van der Waals surface area contributed by atoms with Crippen LogP contribution in [0.4, 0.5) is 5.69 Å². The van der Waals surface area contributed by atoms with Crippen molar-refractivity contribution in [2.75, 3.05) is 25.0 Å². The maximum atomic E-state index is 12.8. The predicted octanol–water partition coefficient (Wildman–Crippen LogP) is 1.80. The first-order valence-corrected chi connectivity index (χ1v) is 9.23. The van der Waals surface area contributed by atoms with Gasteiger partial charge in [0.15, 0.2) is 6.04 Å². The van der Waals surface area contributed by atoms with Gasteiger partial charge < -0.3 is 15.0 Å². The lowest BCUT2D eigenvalue weighted by molar-refractivity contribution is -0.921. The highest BCUT2D eigenvalue weighted by molar-refractivity contribution is 5.95. The Kier molecular flexibility index (Phi) is 6.59. The smallest absolute Gasteiger partial charge is 0.314 e. The second-order valence-electron chi connectivity index (χ2n) is 7.19. The number of carbonyl (C=O) groups is 2. The molecule has 0 aliphatic carbocycles. The number of rotatable bonds is 5. The molecule has 5 heteroatoms. The van der Waals surface area contributed by atoms with Crippen LogP contribution in [-0.4, -0.2) is 37.6 Å². The molecule has 1 amide bonds. The largest absolute Gasteiger partial charge is 0.466 e. The van der Waals surface area contributed by atoms with E-state index in [2.05, 4.69) is 24.4 Å². The first-order chi connectivity index (χ1) is 11.8. The number of likely N-dealkylation sites (tertiary alicyclic amines) is 1. The summed E-state index contributed by atoms with van der Waals surface area (Å²) in [5.41, 5.74) is 4.26. The normalized spacial score (nSPS) is 21.5. The molecule has 1 aliphatic heterocycles. The number of esters is 1. The summed E-state index contributed by atoms with van der Waals surface area (Å²) < 4.78 is 5.16. The molecule has 0 bridgehead atoms. The van der Waals surface area contributed by atoms with E-state index < -0.39 is 0 Å². The van der Waals surface area contributed by atoms with Crippen molar-refractivity contribution in [3.8, 4) is 0 Å². The van der Waals surface area contributed by atoms with E-state index in [1.807, 2.05) is 27.7 Å². The van der Waals surface area contributed by atoms with Crippen molar-refractivity contribution < 1.29 is 19.2 Å². The fourth-order valence-corrected chi connectivity index (χ4v) is 3.74. The van der Waals surface area contributed by atoms with Crippen molar-refractivity contribution in [2.45, 2.75) is 53.5 Å². The number of nitrogens with one attached hydrogen (secondary N) is 2. The molecule has 138 valence electrons. The average molecular weight is 347 g/mol. The summed E-state index contributed by atoms with van der Waals surface area (Å²) in [5.74, 6) is -0.214. The van der Waals surface area contributed by atoms with Crippen molar-refractivity contribution >= 4 is 17.6 Å². The van der Waals surface area contributed by atoms with Crippen LogP contribution in [0.3, 0.4) is 0 Å². The van der Waals surface area contributed by atoms with Gasteiger partial charge in [0.05, 0.1) is 19.7 Å². The van der Waals surface area contributed by atoms with Crippen molar-refractivity contribution in [1.82, 2.24) is 0 Å². The molecule has 1 unspecified atom stereocenters. The van der Waals surface area contributed by atoms with Crippen molar-refractivity contribution in [1.29, 1.82) is 0 Å².